The van der Waals surface area contributed by atoms with Crippen LogP contribution in [0, 0.1) is 5.92 Å². The highest BCUT2D eigenvalue weighted by molar-refractivity contribution is 9.10. The minimum atomic E-state index is -3.69. The molecule has 1 aromatic rings. The molecule has 0 saturated carbocycles. The van der Waals surface area contributed by atoms with Crippen LogP contribution in [0.1, 0.15) is 27.2 Å². The number of halogens is 1. The predicted octanol–water partition coefficient (Wildman–Crippen LogP) is 2.28. The zero-order chi connectivity index (χ0) is 16.0. The Bertz CT molecular complexity index is 570. The Labute approximate surface area is 134 Å². The number of nitrogens with one attached hydrogen (secondary N) is 2. The molecule has 0 saturated heterocycles. The molecule has 0 aliphatic carbocycles. The van der Waals surface area contributed by atoms with Gasteiger partial charge in [0.25, 0.3) is 0 Å². The van der Waals surface area contributed by atoms with E-state index in [0.29, 0.717) is 12.5 Å². The molecular formula is C14H21BrN2O3S. The van der Waals surface area contributed by atoms with Gasteiger partial charge < -0.3 is 5.32 Å². The van der Waals surface area contributed by atoms with Crippen molar-refractivity contribution in [2.45, 2.75) is 38.1 Å². The van der Waals surface area contributed by atoms with E-state index in [1.165, 1.54) is 19.1 Å². The van der Waals surface area contributed by atoms with Gasteiger partial charge in [-0.15, -0.1) is 0 Å². The highest BCUT2D eigenvalue weighted by Crippen LogP contribution is 2.14. The summed E-state index contributed by atoms with van der Waals surface area (Å²) in [5.41, 5.74) is 0. The van der Waals surface area contributed by atoms with E-state index in [1.807, 2.05) is 0 Å². The van der Waals surface area contributed by atoms with E-state index in [9.17, 15) is 13.2 Å². The van der Waals surface area contributed by atoms with Crippen LogP contribution in [0.2, 0.25) is 0 Å². The van der Waals surface area contributed by atoms with E-state index in [2.05, 4.69) is 39.8 Å². The first kappa shape index (κ1) is 18.1. The summed E-state index contributed by atoms with van der Waals surface area (Å²) >= 11 is 3.25. The van der Waals surface area contributed by atoms with E-state index in [4.69, 9.17) is 0 Å². The molecule has 1 aromatic carbocycles. The van der Waals surface area contributed by atoms with Crippen molar-refractivity contribution in [2.24, 2.45) is 5.92 Å². The van der Waals surface area contributed by atoms with Crippen LogP contribution in [0.5, 0.6) is 0 Å². The first-order chi connectivity index (χ1) is 9.72. The monoisotopic (exact) mass is 376 g/mol. The van der Waals surface area contributed by atoms with Crippen LogP contribution in [-0.2, 0) is 14.8 Å². The molecule has 1 amide bonds. The minimum absolute atomic E-state index is 0.132. The van der Waals surface area contributed by atoms with Crippen LogP contribution in [0.4, 0.5) is 0 Å². The number of hydrogen-bond acceptors (Lipinski definition) is 3. The van der Waals surface area contributed by atoms with Gasteiger partial charge in [-0.1, -0.05) is 29.8 Å². The largest absolute Gasteiger partial charge is 0.355 e. The molecule has 0 heterocycles. The average Bonchev–Trinajstić information content (AvgIpc) is 2.38. The number of hydrogen-bond donors (Lipinski definition) is 2. The first-order valence-corrected chi connectivity index (χ1v) is 9.05. The SMILES string of the molecule is CC(C)CCNC(=O)[C@H](C)NS(=O)(=O)c1ccc(Br)cc1. The van der Waals surface area contributed by atoms with Gasteiger partial charge in [0.05, 0.1) is 10.9 Å². The summed E-state index contributed by atoms with van der Waals surface area (Å²) < 4.78 is 27.4. The van der Waals surface area contributed by atoms with E-state index in [0.717, 1.165) is 10.9 Å². The van der Waals surface area contributed by atoms with E-state index >= 15 is 0 Å². The van der Waals surface area contributed by atoms with Crippen LogP contribution in [0.25, 0.3) is 0 Å². The molecule has 1 rings (SSSR count). The van der Waals surface area contributed by atoms with E-state index < -0.39 is 16.1 Å². The van der Waals surface area contributed by atoms with Gasteiger partial charge in [-0.3, -0.25) is 4.79 Å². The summed E-state index contributed by atoms with van der Waals surface area (Å²) in [6.07, 6.45) is 0.859. The maximum absolute atomic E-state index is 12.1. The second-order valence-electron chi connectivity index (χ2n) is 5.27. The van der Waals surface area contributed by atoms with Crippen molar-refractivity contribution in [3.05, 3.63) is 28.7 Å². The Morgan fingerprint density at radius 1 is 1.19 bits per heavy atom. The first-order valence-electron chi connectivity index (χ1n) is 6.78. The average molecular weight is 377 g/mol. The molecule has 21 heavy (non-hydrogen) atoms. The Balaban J connectivity index is 2.62. The molecule has 0 aliphatic rings. The van der Waals surface area contributed by atoms with Crippen LogP contribution in [-0.4, -0.2) is 26.9 Å². The van der Waals surface area contributed by atoms with Crippen LogP contribution in [0.15, 0.2) is 33.6 Å². The summed E-state index contributed by atoms with van der Waals surface area (Å²) in [5.74, 6) is 0.163. The normalized spacial score (nSPS) is 13.2. The zero-order valence-corrected chi connectivity index (χ0v) is 14.8. The highest BCUT2D eigenvalue weighted by atomic mass is 79.9. The quantitative estimate of drug-likeness (QED) is 0.766. The fraction of sp³-hybridized carbons (Fsp3) is 0.500. The maximum atomic E-state index is 12.1. The van der Waals surface area contributed by atoms with Gasteiger partial charge in [-0.25, -0.2) is 8.42 Å². The van der Waals surface area contributed by atoms with Crippen molar-refractivity contribution in [2.75, 3.05) is 6.54 Å². The van der Waals surface area contributed by atoms with Crippen LogP contribution in [0.3, 0.4) is 0 Å². The summed E-state index contributed by atoms with van der Waals surface area (Å²) in [6, 6.07) is 5.43. The molecule has 7 heteroatoms. The summed E-state index contributed by atoms with van der Waals surface area (Å²) in [7, 11) is -3.69. The summed E-state index contributed by atoms with van der Waals surface area (Å²) in [4.78, 5) is 12.0. The molecule has 0 unspecified atom stereocenters. The fourth-order valence-electron chi connectivity index (χ4n) is 1.61. The van der Waals surface area contributed by atoms with Gasteiger partial charge in [-0.2, -0.15) is 4.72 Å². The topological polar surface area (TPSA) is 75.3 Å². The molecule has 0 radical (unpaired) electrons. The number of amides is 1. The third kappa shape index (κ3) is 6.15. The number of sulfonamides is 1. The van der Waals surface area contributed by atoms with Crippen LogP contribution < -0.4 is 10.0 Å². The number of carbonyl (C=O) groups is 1. The molecule has 0 aliphatic heterocycles. The molecule has 0 bridgehead atoms. The zero-order valence-electron chi connectivity index (χ0n) is 12.4. The van der Waals surface area contributed by atoms with Gasteiger partial charge in [0.1, 0.15) is 0 Å². The minimum Gasteiger partial charge on any atom is -0.355 e. The molecule has 5 nitrogen and oxygen atoms in total. The van der Waals surface area contributed by atoms with Crippen molar-refractivity contribution in [3.63, 3.8) is 0 Å². The molecule has 1 atom stereocenters. The van der Waals surface area contributed by atoms with Crippen molar-refractivity contribution in [3.8, 4) is 0 Å². The van der Waals surface area contributed by atoms with Gasteiger partial charge in [0, 0.05) is 11.0 Å². The Morgan fingerprint density at radius 3 is 2.29 bits per heavy atom. The second kappa shape index (κ2) is 7.91. The third-order valence-corrected chi connectivity index (χ3v) is 4.96. The van der Waals surface area contributed by atoms with Crippen LogP contribution >= 0.6 is 15.9 Å². The lowest BCUT2D eigenvalue weighted by atomic mass is 10.1. The highest BCUT2D eigenvalue weighted by Gasteiger charge is 2.21. The Kier molecular flexibility index (Phi) is 6.83. The smallest absolute Gasteiger partial charge is 0.241 e. The lowest BCUT2D eigenvalue weighted by molar-refractivity contribution is -0.122. The van der Waals surface area contributed by atoms with Crippen molar-refractivity contribution in [1.82, 2.24) is 10.0 Å². The van der Waals surface area contributed by atoms with E-state index in [1.54, 1.807) is 12.1 Å². The lowest BCUT2D eigenvalue weighted by Crippen LogP contribution is -2.45. The van der Waals surface area contributed by atoms with Gasteiger partial charge >= 0.3 is 0 Å². The van der Waals surface area contributed by atoms with E-state index in [-0.39, 0.29) is 10.8 Å². The third-order valence-electron chi connectivity index (χ3n) is 2.87. The molecule has 118 valence electrons. The van der Waals surface area contributed by atoms with Gasteiger partial charge in [-0.05, 0) is 43.5 Å². The lowest BCUT2D eigenvalue weighted by Gasteiger charge is -2.15. The van der Waals surface area contributed by atoms with Gasteiger partial charge in [0.15, 0.2) is 0 Å². The molecule has 0 spiro atoms. The predicted molar refractivity (Wildman–Crippen MR) is 86.4 cm³/mol. The molecule has 2 N–H and O–H groups in total. The number of benzene rings is 1. The van der Waals surface area contributed by atoms with Crippen molar-refractivity contribution in [1.29, 1.82) is 0 Å². The second-order valence-corrected chi connectivity index (χ2v) is 7.90. The standard InChI is InChI=1S/C14H21BrN2O3S/c1-10(2)8-9-16-14(18)11(3)17-21(19,20)13-6-4-12(15)5-7-13/h4-7,10-11,17H,8-9H2,1-3H3,(H,16,18)/t11-/m0/s1. The van der Waals surface area contributed by atoms with Crippen molar-refractivity contribution < 1.29 is 13.2 Å². The molecule has 0 fully saturated rings. The van der Waals surface area contributed by atoms with Crippen molar-refractivity contribution >= 4 is 31.9 Å². The summed E-state index contributed by atoms with van der Waals surface area (Å²) in [5, 5.41) is 2.72. The fourth-order valence-corrected chi connectivity index (χ4v) is 3.07. The summed E-state index contributed by atoms with van der Waals surface area (Å²) in [6.45, 7) is 6.19. The number of rotatable bonds is 7. The Morgan fingerprint density at radius 2 is 1.76 bits per heavy atom. The van der Waals surface area contributed by atoms with Gasteiger partial charge in [0.2, 0.25) is 15.9 Å². The number of carbonyl (C=O) groups excluding carboxylic acids is 1. The Hall–Kier alpha value is -0.920. The maximum Gasteiger partial charge on any atom is 0.241 e. The molecule has 0 aromatic heterocycles. The molecular weight excluding hydrogens is 356 g/mol.